The summed E-state index contributed by atoms with van der Waals surface area (Å²) >= 11 is 0. The van der Waals surface area contributed by atoms with Crippen LogP contribution in [0.2, 0.25) is 0 Å². The molecule has 0 unspecified atom stereocenters. The molecule has 0 spiro atoms. The van der Waals surface area contributed by atoms with Gasteiger partial charge in [-0.3, -0.25) is 0 Å². The molecule has 0 atom stereocenters. The Hall–Kier alpha value is -5.10. The van der Waals surface area contributed by atoms with Crippen LogP contribution in [-0.4, -0.2) is 0 Å². The first-order chi connectivity index (χ1) is 17.8. The summed E-state index contributed by atoms with van der Waals surface area (Å²) in [6, 6.07) is 32.3. The molecule has 6 heteroatoms. The Morgan fingerprint density at radius 1 is 0.459 bits per heavy atom. The first-order valence-corrected chi connectivity index (χ1v) is 12.0. The third-order valence-electron chi connectivity index (χ3n) is 7.49. The average molecular weight is 485 g/mol. The summed E-state index contributed by atoms with van der Waals surface area (Å²) in [5.41, 5.74) is 48.3. The third kappa shape index (κ3) is 3.06. The zero-order valence-corrected chi connectivity index (χ0v) is 20.2. The molecule has 5 aromatic rings. The van der Waals surface area contributed by atoms with Crippen molar-refractivity contribution < 1.29 is 0 Å². The van der Waals surface area contributed by atoms with Crippen LogP contribution in [0.3, 0.4) is 0 Å². The van der Waals surface area contributed by atoms with Gasteiger partial charge in [0.25, 0.3) is 0 Å². The van der Waals surface area contributed by atoms with Gasteiger partial charge in [-0.2, -0.15) is 0 Å². The molecule has 37 heavy (non-hydrogen) atoms. The standard InChI is InChI=1S/C31H28N6/c32-19-12-8-17(9-13-19)31(18-10-14-20(33)15-11-18)24-7-2-1-4-21(24)22-5-3-6-23(28(22)31)27-29(36)25(34)16-26(35)30(27)37/h1-16H,32-37H2. The van der Waals surface area contributed by atoms with E-state index in [1.807, 2.05) is 36.4 Å². The van der Waals surface area contributed by atoms with E-state index in [0.29, 0.717) is 39.7 Å². The van der Waals surface area contributed by atoms with Crippen LogP contribution in [0.5, 0.6) is 0 Å². The van der Waals surface area contributed by atoms with Crippen molar-refractivity contribution >= 4 is 34.1 Å². The third-order valence-corrected chi connectivity index (χ3v) is 7.49. The Bertz CT molecular complexity index is 1600. The lowest BCUT2D eigenvalue weighted by molar-refractivity contribution is 0.771. The first kappa shape index (κ1) is 22.4. The summed E-state index contributed by atoms with van der Waals surface area (Å²) in [5, 5.41) is 0. The molecule has 0 radical (unpaired) electrons. The Kier molecular flexibility index (Phi) is 4.81. The Labute approximate surface area is 215 Å². The van der Waals surface area contributed by atoms with Crippen LogP contribution in [0.15, 0.2) is 97.1 Å². The lowest BCUT2D eigenvalue weighted by Crippen LogP contribution is -2.29. The van der Waals surface area contributed by atoms with Gasteiger partial charge in [-0.15, -0.1) is 0 Å². The van der Waals surface area contributed by atoms with E-state index in [1.54, 1.807) is 6.07 Å². The minimum absolute atomic E-state index is 0.389. The van der Waals surface area contributed by atoms with Gasteiger partial charge in [0.15, 0.2) is 0 Å². The number of benzene rings is 5. The first-order valence-electron chi connectivity index (χ1n) is 12.0. The second-order valence-corrected chi connectivity index (χ2v) is 9.53. The molecule has 0 amide bonds. The summed E-state index contributed by atoms with van der Waals surface area (Å²) in [5.74, 6) is 0. The number of fused-ring (bicyclic) bond motifs is 3. The molecule has 6 nitrogen and oxygen atoms in total. The minimum atomic E-state index is -0.706. The number of nitrogens with two attached hydrogens (primary N) is 6. The van der Waals surface area contributed by atoms with Crippen molar-refractivity contribution in [3.8, 4) is 22.3 Å². The quantitative estimate of drug-likeness (QED) is 0.189. The monoisotopic (exact) mass is 484 g/mol. The van der Waals surface area contributed by atoms with Crippen molar-refractivity contribution in [3.05, 3.63) is 119 Å². The lowest BCUT2D eigenvalue weighted by Gasteiger charge is -2.35. The Balaban J connectivity index is 1.84. The van der Waals surface area contributed by atoms with Gasteiger partial charge in [0.2, 0.25) is 0 Å². The van der Waals surface area contributed by atoms with Gasteiger partial charge in [0, 0.05) is 16.9 Å². The van der Waals surface area contributed by atoms with Crippen molar-refractivity contribution in [1.29, 1.82) is 0 Å². The van der Waals surface area contributed by atoms with Crippen molar-refractivity contribution in [1.82, 2.24) is 0 Å². The molecule has 12 N–H and O–H groups in total. The lowest BCUT2D eigenvalue weighted by atomic mass is 9.66. The summed E-state index contributed by atoms with van der Waals surface area (Å²) in [7, 11) is 0. The van der Waals surface area contributed by atoms with E-state index in [9.17, 15) is 0 Å². The maximum atomic E-state index is 6.60. The molecule has 0 saturated heterocycles. The molecule has 0 aliphatic heterocycles. The molecule has 5 aromatic carbocycles. The highest BCUT2D eigenvalue weighted by Crippen LogP contribution is 2.59. The van der Waals surface area contributed by atoms with E-state index in [-0.39, 0.29) is 0 Å². The van der Waals surface area contributed by atoms with Gasteiger partial charge in [0.1, 0.15) is 0 Å². The Morgan fingerprint density at radius 3 is 1.51 bits per heavy atom. The van der Waals surface area contributed by atoms with Crippen LogP contribution in [0.25, 0.3) is 22.3 Å². The van der Waals surface area contributed by atoms with Crippen molar-refractivity contribution in [2.75, 3.05) is 34.4 Å². The largest absolute Gasteiger partial charge is 0.399 e. The number of anilines is 6. The van der Waals surface area contributed by atoms with Crippen molar-refractivity contribution in [3.63, 3.8) is 0 Å². The molecule has 0 heterocycles. The summed E-state index contributed by atoms with van der Waals surface area (Å²) in [6.07, 6.45) is 0. The maximum Gasteiger partial charge on any atom is 0.0719 e. The molecule has 0 bridgehead atoms. The number of hydrogen-bond acceptors (Lipinski definition) is 6. The average Bonchev–Trinajstić information content (AvgIpc) is 3.21. The predicted molar refractivity (Wildman–Crippen MR) is 156 cm³/mol. The smallest absolute Gasteiger partial charge is 0.0719 e. The molecule has 0 fully saturated rings. The second-order valence-electron chi connectivity index (χ2n) is 9.53. The second kappa shape index (κ2) is 7.96. The highest BCUT2D eigenvalue weighted by molar-refractivity contribution is 6.03. The van der Waals surface area contributed by atoms with Crippen LogP contribution in [-0.2, 0) is 5.41 Å². The highest BCUT2D eigenvalue weighted by Gasteiger charge is 2.47. The molecule has 182 valence electrons. The van der Waals surface area contributed by atoms with Gasteiger partial charge in [-0.25, -0.2) is 0 Å². The van der Waals surface area contributed by atoms with Crippen LogP contribution in [0.1, 0.15) is 22.3 Å². The fourth-order valence-electron chi connectivity index (χ4n) is 5.85. The molecule has 1 aliphatic rings. The number of nitrogen functional groups attached to an aromatic ring is 6. The summed E-state index contributed by atoms with van der Waals surface area (Å²) in [6.45, 7) is 0. The van der Waals surface area contributed by atoms with E-state index in [2.05, 4.69) is 54.6 Å². The van der Waals surface area contributed by atoms with E-state index < -0.39 is 5.41 Å². The molecular formula is C31H28N6. The highest BCUT2D eigenvalue weighted by atomic mass is 14.7. The molecule has 6 rings (SSSR count). The van der Waals surface area contributed by atoms with Gasteiger partial charge in [-0.1, -0.05) is 66.7 Å². The van der Waals surface area contributed by atoms with E-state index >= 15 is 0 Å². The summed E-state index contributed by atoms with van der Waals surface area (Å²) in [4.78, 5) is 0. The minimum Gasteiger partial charge on any atom is -0.399 e. The summed E-state index contributed by atoms with van der Waals surface area (Å²) < 4.78 is 0. The molecular weight excluding hydrogens is 456 g/mol. The van der Waals surface area contributed by atoms with Crippen LogP contribution in [0.4, 0.5) is 34.1 Å². The van der Waals surface area contributed by atoms with Crippen LogP contribution >= 0.6 is 0 Å². The molecule has 1 aliphatic carbocycles. The normalized spacial score (nSPS) is 13.2. The topological polar surface area (TPSA) is 156 Å². The SMILES string of the molecule is Nc1ccc(C2(c3ccc(N)cc3)c3ccccc3-c3cccc(-c4c(N)c(N)cc(N)c4N)c32)cc1. The molecule has 0 aromatic heterocycles. The fourth-order valence-corrected chi connectivity index (χ4v) is 5.85. The van der Waals surface area contributed by atoms with Gasteiger partial charge in [-0.05, 0) is 69.3 Å². The van der Waals surface area contributed by atoms with Gasteiger partial charge < -0.3 is 34.4 Å². The number of hydrogen-bond donors (Lipinski definition) is 6. The van der Waals surface area contributed by atoms with Crippen LogP contribution < -0.4 is 34.4 Å². The van der Waals surface area contributed by atoms with Gasteiger partial charge >= 0.3 is 0 Å². The zero-order chi connectivity index (χ0) is 25.9. The van der Waals surface area contributed by atoms with Crippen LogP contribution in [0, 0.1) is 0 Å². The van der Waals surface area contributed by atoms with E-state index in [0.717, 1.165) is 38.9 Å². The van der Waals surface area contributed by atoms with Gasteiger partial charge in [0.05, 0.1) is 28.2 Å². The predicted octanol–water partition coefficient (Wildman–Crippen LogP) is 5.21. The Morgan fingerprint density at radius 2 is 0.946 bits per heavy atom. The fraction of sp³-hybridized carbons (Fsp3) is 0.0323. The van der Waals surface area contributed by atoms with Crippen molar-refractivity contribution in [2.45, 2.75) is 5.41 Å². The number of rotatable bonds is 3. The maximum absolute atomic E-state index is 6.60. The molecule has 0 saturated carbocycles. The van der Waals surface area contributed by atoms with Crippen molar-refractivity contribution in [2.24, 2.45) is 0 Å². The van der Waals surface area contributed by atoms with E-state index in [1.165, 1.54) is 0 Å². The zero-order valence-electron chi connectivity index (χ0n) is 20.2. The van der Waals surface area contributed by atoms with E-state index in [4.69, 9.17) is 34.4 Å².